The molecule has 118 valence electrons. The summed E-state index contributed by atoms with van der Waals surface area (Å²) in [5.74, 6) is -0.323. The molecule has 1 aliphatic carbocycles. The van der Waals surface area contributed by atoms with Gasteiger partial charge in [0.15, 0.2) is 5.60 Å². The number of hydrogen-bond donors (Lipinski definition) is 0. The molecule has 1 aromatic rings. The number of esters is 1. The van der Waals surface area contributed by atoms with Gasteiger partial charge in [0.1, 0.15) is 5.78 Å². The summed E-state index contributed by atoms with van der Waals surface area (Å²) in [5, 5.41) is 0. The van der Waals surface area contributed by atoms with Crippen molar-refractivity contribution in [2.24, 2.45) is 11.3 Å². The van der Waals surface area contributed by atoms with Gasteiger partial charge in [-0.25, -0.2) is 4.79 Å². The molecule has 3 rings (SSSR count). The van der Waals surface area contributed by atoms with Gasteiger partial charge in [-0.05, 0) is 12.0 Å². The van der Waals surface area contributed by atoms with Crippen molar-refractivity contribution in [3.05, 3.63) is 35.9 Å². The van der Waals surface area contributed by atoms with E-state index >= 15 is 0 Å². The lowest BCUT2D eigenvalue weighted by Crippen LogP contribution is -2.41. The van der Waals surface area contributed by atoms with Crippen LogP contribution in [0.5, 0.6) is 0 Å². The number of Topliss-reactive ketones (excluding diaryl/α,β-unsaturated/α-hetero) is 1. The van der Waals surface area contributed by atoms with E-state index in [9.17, 15) is 9.59 Å². The molecule has 0 N–H and O–H groups in total. The Hall–Kier alpha value is -1.68. The highest BCUT2D eigenvalue weighted by Gasteiger charge is 2.59. The number of ketones is 1. The fraction of sp³-hybridized carbons (Fsp3) is 0.556. The molecule has 4 heteroatoms. The van der Waals surface area contributed by atoms with Gasteiger partial charge in [0.25, 0.3) is 0 Å². The molecule has 4 nitrogen and oxygen atoms in total. The first-order valence-electron chi connectivity index (χ1n) is 7.80. The molecule has 2 fully saturated rings. The minimum absolute atomic E-state index is 0.151. The summed E-state index contributed by atoms with van der Waals surface area (Å²) >= 11 is 0. The van der Waals surface area contributed by atoms with Crippen LogP contribution in [0, 0.1) is 11.3 Å². The van der Waals surface area contributed by atoms with Crippen LogP contribution in [0.15, 0.2) is 30.3 Å². The second-order valence-corrected chi connectivity index (χ2v) is 7.30. The van der Waals surface area contributed by atoms with E-state index in [-0.39, 0.29) is 23.1 Å². The minimum atomic E-state index is -1.15. The zero-order valence-corrected chi connectivity index (χ0v) is 13.3. The van der Waals surface area contributed by atoms with Crippen molar-refractivity contribution in [3.8, 4) is 0 Å². The van der Waals surface area contributed by atoms with E-state index in [0.717, 1.165) is 5.56 Å². The summed E-state index contributed by atoms with van der Waals surface area (Å²) in [6, 6.07) is 9.44. The van der Waals surface area contributed by atoms with Gasteiger partial charge in [-0.1, -0.05) is 51.1 Å². The largest absolute Gasteiger partial charge is 0.433 e. The second-order valence-electron chi connectivity index (χ2n) is 7.30. The maximum absolute atomic E-state index is 12.8. The molecule has 0 aromatic heterocycles. The lowest BCUT2D eigenvalue weighted by Gasteiger charge is -2.32. The molecule has 2 aliphatic rings. The van der Waals surface area contributed by atoms with Gasteiger partial charge in [0.05, 0.1) is 0 Å². The number of rotatable bonds is 2. The molecule has 1 saturated heterocycles. The highest BCUT2D eigenvalue weighted by atomic mass is 16.8. The first kappa shape index (κ1) is 15.2. The molecule has 0 spiro atoms. The van der Waals surface area contributed by atoms with Gasteiger partial charge < -0.3 is 9.47 Å². The monoisotopic (exact) mass is 302 g/mol. The molecule has 0 unspecified atom stereocenters. The smallest absolute Gasteiger partial charge is 0.345 e. The maximum Gasteiger partial charge on any atom is 0.345 e. The van der Waals surface area contributed by atoms with E-state index in [2.05, 4.69) is 0 Å². The topological polar surface area (TPSA) is 52.6 Å². The second kappa shape index (κ2) is 5.20. The number of carbonyl (C=O) groups is 2. The molecule has 0 radical (unpaired) electrons. The van der Waals surface area contributed by atoms with E-state index in [1.165, 1.54) is 0 Å². The number of cyclic esters (lactones) is 1. The average molecular weight is 302 g/mol. The van der Waals surface area contributed by atoms with Crippen LogP contribution >= 0.6 is 0 Å². The summed E-state index contributed by atoms with van der Waals surface area (Å²) in [6.45, 7) is 5.93. The predicted molar refractivity (Wildman–Crippen MR) is 80.9 cm³/mol. The normalized spacial score (nSPS) is 32.3. The maximum atomic E-state index is 12.8. The summed E-state index contributed by atoms with van der Waals surface area (Å²) in [5.41, 5.74) is -0.674. The highest BCUT2D eigenvalue weighted by molar-refractivity contribution is 5.87. The van der Waals surface area contributed by atoms with Gasteiger partial charge in [0.2, 0.25) is 6.29 Å². The highest BCUT2D eigenvalue weighted by Crippen LogP contribution is 2.49. The molecule has 0 bridgehead atoms. The Bertz CT molecular complexity index is 587. The third-order valence-corrected chi connectivity index (χ3v) is 4.54. The van der Waals surface area contributed by atoms with Crippen molar-refractivity contribution in [1.29, 1.82) is 0 Å². The van der Waals surface area contributed by atoms with Crippen LogP contribution in [0.4, 0.5) is 0 Å². The lowest BCUT2D eigenvalue weighted by molar-refractivity contribution is -0.162. The van der Waals surface area contributed by atoms with Crippen LogP contribution in [-0.4, -0.2) is 18.0 Å². The van der Waals surface area contributed by atoms with E-state index in [4.69, 9.17) is 9.47 Å². The average Bonchev–Trinajstić information content (AvgIpc) is 3.04. The number of benzene rings is 1. The molecule has 1 aliphatic heterocycles. The van der Waals surface area contributed by atoms with Crippen molar-refractivity contribution in [3.63, 3.8) is 0 Å². The minimum Gasteiger partial charge on any atom is -0.433 e. The van der Waals surface area contributed by atoms with Crippen molar-refractivity contribution in [2.45, 2.75) is 51.9 Å². The zero-order chi connectivity index (χ0) is 16.0. The standard InChI is InChI=1S/C18H22O4/c1-17(2,3)16-21-15(20)18(22-16,12-7-5-4-6-8-12)13-9-10-14(19)11-13/h4-8,13,16H,9-11H2,1-3H3/t13-,16-,18+/m0/s1. The number of hydrogen-bond acceptors (Lipinski definition) is 4. The number of carbonyl (C=O) groups excluding carboxylic acids is 2. The van der Waals surface area contributed by atoms with Crippen LogP contribution in [-0.2, 0) is 24.7 Å². The molecule has 1 aromatic carbocycles. The van der Waals surface area contributed by atoms with Crippen LogP contribution in [0.25, 0.3) is 0 Å². The van der Waals surface area contributed by atoms with Gasteiger partial charge in [-0.2, -0.15) is 0 Å². The molecule has 0 amide bonds. The first-order chi connectivity index (χ1) is 10.3. The van der Waals surface area contributed by atoms with E-state index in [1.807, 2.05) is 51.1 Å². The third kappa shape index (κ3) is 2.35. The molecule has 1 saturated carbocycles. The van der Waals surface area contributed by atoms with Gasteiger partial charge in [-0.3, -0.25) is 4.79 Å². The Morgan fingerprint density at radius 2 is 1.82 bits per heavy atom. The molecule has 3 atom stereocenters. The Labute approximate surface area is 130 Å². The van der Waals surface area contributed by atoms with Gasteiger partial charge in [-0.15, -0.1) is 0 Å². The summed E-state index contributed by atoms with van der Waals surface area (Å²) in [4.78, 5) is 24.6. The van der Waals surface area contributed by atoms with Crippen LogP contribution in [0.2, 0.25) is 0 Å². The zero-order valence-electron chi connectivity index (χ0n) is 13.3. The third-order valence-electron chi connectivity index (χ3n) is 4.54. The summed E-state index contributed by atoms with van der Waals surface area (Å²) in [6.07, 6.45) is 0.951. The Morgan fingerprint density at radius 1 is 1.14 bits per heavy atom. The molecule has 22 heavy (non-hydrogen) atoms. The summed E-state index contributed by atoms with van der Waals surface area (Å²) in [7, 11) is 0. The Balaban J connectivity index is 2.05. The SMILES string of the molecule is CC(C)(C)[C@H]1OC(=O)[C@@](c2ccccc2)([C@H]2CCC(=O)C2)O1. The van der Waals surface area contributed by atoms with Gasteiger partial charge >= 0.3 is 5.97 Å². The van der Waals surface area contributed by atoms with E-state index in [1.54, 1.807) is 0 Å². The fourth-order valence-electron chi connectivity index (χ4n) is 3.31. The molecule has 1 heterocycles. The van der Waals surface area contributed by atoms with Crippen molar-refractivity contribution in [2.75, 3.05) is 0 Å². The lowest BCUT2D eigenvalue weighted by atomic mass is 9.80. The Morgan fingerprint density at radius 3 is 2.32 bits per heavy atom. The van der Waals surface area contributed by atoms with Crippen molar-refractivity contribution < 1.29 is 19.1 Å². The fourth-order valence-corrected chi connectivity index (χ4v) is 3.31. The van der Waals surface area contributed by atoms with Gasteiger partial charge in [0, 0.05) is 24.2 Å². The number of ether oxygens (including phenoxy) is 2. The van der Waals surface area contributed by atoms with Crippen molar-refractivity contribution in [1.82, 2.24) is 0 Å². The van der Waals surface area contributed by atoms with Crippen LogP contribution in [0.3, 0.4) is 0 Å². The quantitative estimate of drug-likeness (QED) is 0.787. The van der Waals surface area contributed by atoms with Crippen molar-refractivity contribution >= 4 is 11.8 Å². The Kier molecular flexibility index (Phi) is 3.60. The van der Waals surface area contributed by atoms with E-state index in [0.29, 0.717) is 19.3 Å². The van der Waals surface area contributed by atoms with Crippen LogP contribution < -0.4 is 0 Å². The van der Waals surface area contributed by atoms with E-state index < -0.39 is 11.9 Å². The predicted octanol–water partition coefficient (Wildman–Crippen LogP) is 3.20. The molecular formula is C18H22O4. The summed E-state index contributed by atoms with van der Waals surface area (Å²) < 4.78 is 11.8. The van der Waals surface area contributed by atoms with Crippen LogP contribution in [0.1, 0.15) is 45.6 Å². The first-order valence-corrected chi connectivity index (χ1v) is 7.80. The molecular weight excluding hydrogens is 280 g/mol.